The largest absolute Gasteiger partial charge is 0.383 e. The standard InChI is InChI=1S/C11H13ClN4O2/c1-18-6-5-16(4-2-3-13)11(17)9-7-14-8-10(12)15-9/h7-8H,2,4-6H2,1H3. The summed E-state index contributed by atoms with van der Waals surface area (Å²) in [6.07, 6.45) is 2.96. The van der Waals surface area contributed by atoms with Crippen LogP contribution in [0.15, 0.2) is 12.4 Å². The van der Waals surface area contributed by atoms with E-state index in [9.17, 15) is 4.79 Å². The van der Waals surface area contributed by atoms with Gasteiger partial charge in [0.25, 0.3) is 5.91 Å². The minimum Gasteiger partial charge on any atom is -0.383 e. The van der Waals surface area contributed by atoms with Crippen LogP contribution >= 0.6 is 11.6 Å². The van der Waals surface area contributed by atoms with E-state index in [2.05, 4.69) is 9.97 Å². The minimum absolute atomic E-state index is 0.160. The molecule has 1 heterocycles. The van der Waals surface area contributed by atoms with Gasteiger partial charge in [0, 0.05) is 20.2 Å². The molecular weight excluding hydrogens is 256 g/mol. The highest BCUT2D eigenvalue weighted by atomic mass is 35.5. The van der Waals surface area contributed by atoms with Crippen LogP contribution in [0.4, 0.5) is 0 Å². The van der Waals surface area contributed by atoms with Gasteiger partial charge >= 0.3 is 0 Å². The molecule has 0 fully saturated rings. The maximum atomic E-state index is 12.1. The molecule has 0 unspecified atom stereocenters. The normalized spacial score (nSPS) is 9.83. The van der Waals surface area contributed by atoms with Crippen molar-refractivity contribution < 1.29 is 9.53 Å². The molecule has 1 rings (SSSR count). The first-order valence-corrected chi connectivity index (χ1v) is 5.69. The molecule has 0 N–H and O–H groups in total. The van der Waals surface area contributed by atoms with Gasteiger partial charge in [0.15, 0.2) is 0 Å². The van der Waals surface area contributed by atoms with E-state index >= 15 is 0 Å². The van der Waals surface area contributed by atoms with Gasteiger partial charge in [-0.25, -0.2) is 4.98 Å². The second kappa shape index (κ2) is 7.58. The molecule has 0 aliphatic carbocycles. The van der Waals surface area contributed by atoms with Crippen molar-refractivity contribution in [3.05, 3.63) is 23.2 Å². The summed E-state index contributed by atoms with van der Waals surface area (Å²) in [5.41, 5.74) is 0.163. The number of nitriles is 1. The molecule has 0 aromatic carbocycles. The summed E-state index contributed by atoms with van der Waals surface area (Å²) in [4.78, 5) is 21.3. The van der Waals surface area contributed by atoms with E-state index in [1.165, 1.54) is 17.3 Å². The summed E-state index contributed by atoms with van der Waals surface area (Å²) in [7, 11) is 1.55. The average molecular weight is 269 g/mol. The second-order valence-corrected chi connectivity index (χ2v) is 3.81. The number of methoxy groups -OCH3 is 1. The molecule has 7 heteroatoms. The highest BCUT2D eigenvalue weighted by Crippen LogP contribution is 2.06. The zero-order chi connectivity index (χ0) is 13.4. The molecule has 1 amide bonds. The summed E-state index contributed by atoms with van der Waals surface area (Å²) in [5, 5.41) is 8.73. The summed E-state index contributed by atoms with van der Waals surface area (Å²) < 4.78 is 4.92. The molecule has 18 heavy (non-hydrogen) atoms. The highest BCUT2D eigenvalue weighted by Gasteiger charge is 2.17. The zero-order valence-corrected chi connectivity index (χ0v) is 10.7. The number of carbonyl (C=O) groups is 1. The quantitative estimate of drug-likeness (QED) is 0.773. The van der Waals surface area contributed by atoms with Crippen molar-refractivity contribution in [1.29, 1.82) is 5.26 Å². The molecule has 1 aromatic heterocycles. The Kier molecular flexibility index (Phi) is 6.05. The summed E-state index contributed by atoms with van der Waals surface area (Å²) in [6.45, 7) is 1.11. The predicted octanol–water partition coefficient (Wildman–Crippen LogP) is 1.13. The highest BCUT2D eigenvalue weighted by molar-refractivity contribution is 6.29. The van der Waals surface area contributed by atoms with Gasteiger partial charge in [-0.05, 0) is 0 Å². The fraction of sp³-hybridized carbons (Fsp3) is 0.455. The molecule has 0 spiro atoms. The molecular formula is C11H13ClN4O2. The van der Waals surface area contributed by atoms with Crippen LogP contribution in [0.5, 0.6) is 0 Å². The van der Waals surface area contributed by atoms with Gasteiger partial charge in [-0.2, -0.15) is 5.26 Å². The van der Waals surface area contributed by atoms with Crippen molar-refractivity contribution in [3.8, 4) is 6.07 Å². The molecule has 1 aromatic rings. The Balaban J connectivity index is 2.77. The van der Waals surface area contributed by atoms with Crippen LogP contribution in [-0.2, 0) is 4.74 Å². The maximum Gasteiger partial charge on any atom is 0.274 e. The lowest BCUT2D eigenvalue weighted by Crippen LogP contribution is -2.35. The summed E-state index contributed by atoms with van der Waals surface area (Å²) in [6, 6.07) is 2.00. The first-order chi connectivity index (χ1) is 8.69. The number of halogens is 1. The number of ether oxygens (including phenoxy) is 1. The lowest BCUT2D eigenvalue weighted by atomic mass is 10.3. The van der Waals surface area contributed by atoms with E-state index in [4.69, 9.17) is 21.6 Å². The number of nitrogens with zero attached hydrogens (tertiary/aromatic N) is 4. The lowest BCUT2D eigenvalue weighted by Gasteiger charge is -2.20. The van der Waals surface area contributed by atoms with Gasteiger partial charge in [-0.15, -0.1) is 0 Å². The maximum absolute atomic E-state index is 12.1. The van der Waals surface area contributed by atoms with Crippen molar-refractivity contribution in [2.24, 2.45) is 0 Å². The molecule has 0 aliphatic rings. The van der Waals surface area contributed by atoms with E-state index < -0.39 is 0 Å². The van der Waals surface area contributed by atoms with Crippen LogP contribution < -0.4 is 0 Å². The Labute approximate surface area is 110 Å². The van der Waals surface area contributed by atoms with Crippen molar-refractivity contribution in [2.75, 3.05) is 26.8 Å². The van der Waals surface area contributed by atoms with E-state index in [0.29, 0.717) is 19.7 Å². The molecule has 0 atom stereocenters. The number of amides is 1. The van der Waals surface area contributed by atoms with E-state index in [1.807, 2.05) is 6.07 Å². The Hall–Kier alpha value is -1.71. The third-order valence-corrected chi connectivity index (χ3v) is 2.35. The number of carbonyl (C=O) groups excluding carboxylic acids is 1. The number of hydrogen-bond donors (Lipinski definition) is 0. The van der Waals surface area contributed by atoms with Crippen LogP contribution in [0.25, 0.3) is 0 Å². The number of aromatic nitrogens is 2. The second-order valence-electron chi connectivity index (χ2n) is 3.42. The molecule has 0 saturated carbocycles. The van der Waals surface area contributed by atoms with Crippen LogP contribution in [0.2, 0.25) is 5.15 Å². The summed E-state index contributed by atoms with van der Waals surface area (Å²) in [5.74, 6) is -0.308. The Morgan fingerprint density at radius 2 is 2.33 bits per heavy atom. The van der Waals surface area contributed by atoms with Crippen molar-refractivity contribution in [2.45, 2.75) is 6.42 Å². The van der Waals surface area contributed by atoms with Crippen LogP contribution in [-0.4, -0.2) is 47.6 Å². The monoisotopic (exact) mass is 268 g/mol. The van der Waals surface area contributed by atoms with Crippen molar-refractivity contribution in [1.82, 2.24) is 14.9 Å². The smallest absolute Gasteiger partial charge is 0.274 e. The molecule has 0 saturated heterocycles. The fourth-order valence-corrected chi connectivity index (χ4v) is 1.46. The van der Waals surface area contributed by atoms with Gasteiger partial charge in [0.05, 0.1) is 31.5 Å². The Morgan fingerprint density at radius 1 is 1.56 bits per heavy atom. The van der Waals surface area contributed by atoms with Gasteiger partial charge < -0.3 is 9.64 Å². The fourth-order valence-electron chi connectivity index (χ4n) is 1.31. The number of hydrogen-bond acceptors (Lipinski definition) is 5. The van der Waals surface area contributed by atoms with Crippen LogP contribution in [0.1, 0.15) is 16.9 Å². The van der Waals surface area contributed by atoms with Crippen molar-refractivity contribution in [3.63, 3.8) is 0 Å². The van der Waals surface area contributed by atoms with Gasteiger partial charge in [0.2, 0.25) is 0 Å². The topological polar surface area (TPSA) is 79.1 Å². The summed E-state index contributed by atoms with van der Waals surface area (Å²) >= 11 is 5.68. The Bertz CT molecular complexity index is 447. The zero-order valence-electron chi connectivity index (χ0n) is 9.97. The van der Waals surface area contributed by atoms with Crippen LogP contribution in [0, 0.1) is 11.3 Å². The van der Waals surface area contributed by atoms with Gasteiger partial charge in [-0.1, -0.05) is 11.6 Å². The van der Waals surface area contributed by atoms with Gasteiger partial charge in [0.1, 0.15) is 10.8 Å². The third kappa shape index (κ3) is 4.28. The molecule has 6 nitrogen and oxygen atoms in total. The first-order valence-electron chi connectivity index (χ1n) is 5.31. The minimum atomic E-state index is -0.308. The van der Waals surface area contributed by atoms with E-state index in [1.54, 1.807) is 7.11 Å². The third-order valence-electron chi connectivity index (χ3n) is 2.17. The predicted molar refractivity (Wildman–Crippen MR) is 65.1 cm³/mol. The van der Waals surface area contributed by atoms with E-state index in [-0.39, 0.29) is 23.2 Å². The lowest BCUT2D eigenvalue weighted by molar-refractivity contribution is 0.0693. The molecule has 0 bridgehead atoms. The molecule has 0 aliphatic heterocycles. The molecule has 0 radical (unpaired) electrons. The van der Waals surface area contributed by atoms with Gasteiger partial charge in [-0.3, -0.25) is 9.78 Å². The van der Waals surface area contributed by atoms with E-state index in [0.717, 1.165) is 0 Å². The first kappa shape index (κ1) is 14.4. The average Bonchev–Trinajstić information content (AvgIpc) is 2.38. The SMILES string of the molecule is COCCN(CCC#N)C(=O)c1cncc(Cl)n1. The molecule has 96 valence electrons. The van der Waals surface area contributed by atoms with Crippen molar-refractivity contribution >= 4 is 17.5 Å². The van der Waals surface area contributed by atoms with Crippen LogP contribution in [0.3, 0.4) is 0 Å². The number of rotatable bonds is 6. The Morgan fingerprint density at radius 3 is 2.94 bits per heavy atom.